The monoisotopic (exact) mass is 461 g/mol. The summed E-state index contributed by atoms with van der Waals surface area (Å²) in [6.45, 7) is 1.48. The lowest BCUT2D eigenvalue weighted by Gasteiger charge is -2.32. The first-order chi connectivity index (χ1) is 16.6. The van der Waals surface area contributed by atoms with Crippen molar-refractivity contribution in [2.75, 3.05) is 25.6 Å². The zero-order chi connectivity index (χ0) is 23.2. The van der Waals surface area contributed by atoms with Crippen LogP contribution in [0, 0.1) is 0 Å². The topological polar surface area (TPSA) is 119 Å². The van der Waals surface area contributed by atoms with Gasteiger partial charge in [0, 0.05) is 55.7 Å². The second kappa shape index (κ2) is 8.37. The highest BCUT2D eigenvalue weighted by molar-refractivity contribution is 6.01. The number of rotatable bonds is 5. The molecule has 1 aliphatic heterocycles. The number of pyridine rings is 1. The number of hydrogen-bond donors (Lipinski definition) is 3. The standard InChI is InChI=1S/C24H27N7O3/c1-25-21-11-19(28-23-16(12-27-31(21)23)24(33)29-18-4-5-20(18)32)17-13-30(14-6-9-34-10-7-14)22-15(17)3-2-8-26-22/h2-3,8,11-14,18,20,25,32H,4-7,9-10H2,1H3,(H,29,33). The Hall–Kier alpha value is -3.50. The Bertz CT molecular complexity index is 1370. The number of carbonyl (C=O) groups is 1. The van der Waals surface area contributed by atoms with E-state index in [1.807, 2.05) is 25.4 Å². The molecule has 0 aromatic carbocycles. The average molecular weight is 462 g/mol. The van der Waals surface area contributed by atoms with Crippen LogP contribution in [0.4, 0.5) is 5.82 Å². The highest BCUT2D eigenvalue weighted by atomic mass is 16.5. The highest BCUT2D eigenvalue weighted by Crippen LogP contribution is 2.34. The van der Waals surface area contributed by atoms with Gasteiger partial charge in [-0.2, -0.15) is 9.61 Å². The molecule has 34 heavy (non-hydrogen) atoms. The van der Waals surface area contributed by atoms with Crippen LogP contribution in [-0.2, 0) is 4.74 Å². The molecule has 2 fully saturated rings. The first-order valence-electron chi connectivity index (χ1n) is 11.7. The van der Waals surface area contributed by atoms with Crippen molar-refractivity contribution in [2.45, 2.75) is 43.9 Å². The number of aromatic nitrogens is 5. The fourth-order valence-corrected chi connectivity index (χ4v) is 4.86. The summed E-state index contributed by atoms with van der Waals surface area (Å²) in [7, 11) is 1.82. The minimum atomic E-state index is -0.494. The quantitative estimate of drug-likeness (QED) is 0.418. The van der Waals surface area contributed by atoms with Gasteiger partial charge >= 0.3 is 0 Å². The maximum Gasteiger partial charge on any atom is 0.257 e. The summed E-state index contributed by atoms with van der Waals surface area (Å²) >= 11 is 0. The van der Waals surface area contributed by atoms with E-state index >= 15 is 0 Å². The van der Waals surface area contributed by atoms with Crippen molar-refractivity contribution in [2.24, 2.45) is 0 Å². The lowest BCUT2D eigenvalue weighted by Crippen LogP contribution is -2.50. The third-order valence-electron chi connectivity index (χ3n) is 6.98. The summed E-state index contributed by atoms with van der Waals surface area (Å²) < 4.78 is 9.43. The number of aliphatic hydroxyl groups excluding tert-OH is 1. The fraction of sp³-hybridized carbons (Fsp3) is 0.417. The van der Waals surface area contributed by atoms with Crippen molar-refractivity contribution in [3.8, 4) is 11.3 Å². The zero-order valence-corrected chi connectivity index (χ0v) is 18.9. The SMILES string of the molecule is CNc1cc(-c2cn(C3CCOCC3)c3ncccc23)nc2c(C(=O)NC3CCC3O)cnn12. The summed E-state index contributed by atoms with van der Waals surface area (Å²) in [5, 5.41) is 21.4. The third-order valence-corrected chi connectivity index (χ3v) is 6.98. The largest absolute Gasteiger partial charge is 0.391 e. The Balaban J connectivity index is 1.46. The molecule has 0 bridgehead atoms. The fourth-order valence-electron chi connectivity index (χ4n) is 4.86. The van der Waals surface area contributed by atoms with E-state index in [-0.39, 0.29) is 11.9 Å². The Morgan fingerprint density at radius 3 is 2.79 bits per heavy atom. The molecule has 4 aromatic rings. The van der Waals surface area contributed by atoms with Gasteiger partial charge in [-0.1, -0.05) is 0 Å². The smallest absolute Gasteiger partial charge is 0.257 e. The Morgan fingerprint density at radius 1 is 1.21 bits per heavy atom. The Kier molecular flexibility index (Phi) is 5.19. The molecule has 10 nitrogen and oxygen atoms in total. The van der Waals surface area contributed by atoms with Gasteiger partial charge in [0.1, 0.15) is 17.0 Å². The first-order valence-corrected chi connectivity index (χ1v) is 11.7. The van der Waals surface area contributed by atoms with Crippen LogP contribution in [0.1, 0.15) is 42.1 Å². The number of nitrogens with one attached hydrogen (secondary N) is 2. The molecule has 2 unspecified atom stereocenters. The van der Waals surface area contributed by atoms with Gasteiger partial charge in [-0.05, 0) is 37.8 Å². The van der Waals surface area contributed by atoms with E-state index in [1.165, 1.54) is 6.20 Å². The summed E-state index contributed by atoms with van der Waals surface area (Å²) in [6.07, 6.45) is 8.31. The van der Waals surface area contributed by atoms with Crippen LogP contribution in [0.25, 0.3) is 27.9 Å². The molecule has 4 aromatic heterocycles. The van der Waals surface area contributed by atoms with Crippen LogP contribution in [0.3, 0.4) is 0 Å². The molecule has 10 heteroatoms. The van der Waals surface area contributed by atoms with E-state index in [2.05, 4.69) is 37.5 Å². The number of carbonyl (C=O) groups excluding carboxylic acids is 1. The molecule has 1 amide bonds. The van der Waals surface area contributed by atoms with Gasteiger partial charge in [0.25, 0.3) is 5.91 Å². The Labute approximate surface area is 196 Å². The molecule has 1 saturated carbocycles. The number of hydrogen-bond acceptors (Lipinski definition) is 7. The molecular formula is C24H27N7O3. The molecule has 3 N–H and O–H groups in total. The predicted octanol–water partition coefficient (Wildman–Crippen LogP) is 2.39. The third kappa shape index (κ3) is 3.41. The van der Waals surface area contributed by atoms with Gasteiger partial charge in [-0.3, -0.25) is 4.79 Å². The maximum absolute atomic E-state index is 13.0. The summed E-state index contributed by atoms with van der Waals surface area (Å²) in [6, 6.07) is 6.02. The van der Waals surface area contributed by atoms with Crippen molar-refractivity contribution in [3.63, 3.8) is 0 Å². The summed E-state index contributed by atoms with van der Waals surface area (Å²) in [5.74, 6) is 0.440. The lowest BCUT2D eigenvalue weighted by atomic mass is 9.89. The van der Waals surface area contributed by atoms with Crippen molar-refractivity contribution >= 4 is 28.4 Å². The van der Waals surface area contributed by atoms with E-state index in [0.29, 0.717) is 23.7 Å². The molecule has 5 heterocycles. The molecule has 1 aliphatic carbocycles. The molecule has 0 radical (unpaired) electrons. The van der Waals surface area contributed by atoms with Crippen molar-refractivity contribution < 1.29 is 14.6 Å². The highest BCUT2D eigenvalue weighted by Gasteiger charge is 2.31. The van der Waals surface area contributed by atoms with Crippen LogP contribution < -0.4 is 10.6 Å². The second-order valence-corrected chi connectivity index (χ2v) is 8.96. The van der Waals surface area contributed by atoms with Gasteiger partial charge in [-0.25, -0.2) is 9.97 Å². The Morgan fingerprint density at radius 2 is 2.06 bits per heavy atom. The van der Waals surface area contributed by atoms with Gasteiger partial charge < -0.3 is 25.0 Å². The number of ether oxygens (including phenoxy) is 1. The maximum atomic E-state index is 13.0. The van der Waals surface area contributed by atoms with E-state index < -0.39 is 6.10 Å². The van der Waals surface area contributed by atoms with Crippen LogP contribution >= 0.6 is 0 Å². The average Bonchev–Trinajstić information content (AvgIpc) is 3.48. The van der Waals surface area contributed by atoms with Gasteiger partial charge in [0.2, 0.25) is 0 Å². The number of aliphatic hydroxyl groups is 1. The van der Waals surface area contributed by atoms with Crippen molar-refractivity contribution in [3.05, 3.63) is 42.4 Å². The van der Waals surface area contributed by atoms with E-state index in [0.717, 1.165) is 60.6 Å². The van der Waals surface area contributed by atoms with E-state index in [9.17, 15) is 9.90 Å². The molecule has 6 rings (SSSR count). The number of amides is 1. The molecule has 176 valence electrons. The van der Waals surface area contributed by atoms with E-state index in [1.54, 1.807) is 4.52 Å². The summed E-state index contributed by atoms with van der Waals surface area (Å²) in [5.41, 5.74) is 3.45. The minimum Gasteiger partial charge on any atom is -0.391 e. The molecule has 0 spiro atoms. The molecular weight excluding hydrogens is 434 g/mol. The summed E-state index contributed by atoms with van der Waals surface area (Å²) in [4.78, 5) is 22.5. The zero-order valence-electron chi connectivity index (χ0n) is 18.9. The normalized spacial score (nSPS) is 21.0. The molecule has 1 saturated heterocycles. The number of nitrogens with zero attached hydrogens (tertiary/aromatic N) is 5. The number of anilines is 1. The van der Waals surface area contributed by atoms with Crippen LogP contribution in [0.2, 0.25) is 0 Å². The van der Waals surface area contributed by atoms with Gasteiger partial charge in [0.15, 0.2) is 5.65 Å². The lowest BCUT2D eigenvalue weighted by molar-refractivity contribution is 0.0448. The minimum absolute atomic E-state index is 0.224. The van der Waals surface area contributed by atoms with E-state index in [4.69, 9.17) is 9.72 Å². The first kappa shape index (κ1) is 21.1. The van der Waals surface area contributed by atoms with Gasteiger partial charge in [-0.15, -0.1) is 0 Å². The van der Waals surface area contributed by atoms with Gasteiger partial charge in [0.05, 0.1) is 24.0 Å². The van der Waals surface area contributed by atoms with Crippen molar-refractivity contribution in [1.29, 1.82) is 0 Å². The number of fused-ring (bicyclic) bond motifs is 2. The molecule has 2 atom stereocenters. The molecule has 2 aliphatic rings. The van der Waals surface area contributed by atoms with Crippen LogP contribution in [0.5, 0.6) is 0 Å². The van der Waals surface area contributed by atoms with Crippen LogP contribution in [-0.4, -0.2) is 67.6 Å². The second-order valence-electron chi connectivity index (χ2n) is 8.96. The predicted molar refractivity (Wildman–Crippen MR) is 127 cm³/mol. The van der Waals surface area contributed by atoms with Crippen molar-refractivity contribution in [1.82, 2.24) is 29.5 Å². The van der Waals surface area contributed by atoms with Crippen LogP contribution in [0.15, 0.2) is 36.8 Å².